The number of nitrogens with zero attached hydrogens (tertiary/aromatic N) is 3. The number of pyridine rings is 1. The molecule has 0 saturated carbocycles. The minimum atomic E-state index is -0.272. The zero-order chi connectivity index (χ0) is 14.5. The van der Waals surface area contributed by atoms with Gasteiger partial charge in [0.2, 0.25) is 5.91 Å². The van der Waals surface area contributed by atoms with E-state index in [9.17, 15) is 4.79 Å². The van der Waals surface area contributed by atoms with Gasteiger partial charge in [-0.05, 0) is 12.1 Å². The summed E-state index contributed by atoms with van der Waals surface area (Å²) in [6, 6.07) is 5.51. The summed E-state index contributed by atoms with van der Waals surface area (Å²) in [6.45, 7) is 6.18. The molecule has 6 heteroatoms. The maximum absolute atomic E-state index is 13.0. The lowest BCUT2D eigenvalue weighted by Crippen LogP contribution is -2.52. The van der Waals surface area contributed by atoms with Crippen LogP contribution in [0.15, 0.2) is 24.4 Å². The third kappa shape index (κ3) is 3.40. The molecule has 114 valence electrons. The van der Waals surface area contributed by atoms with Crippen molar-refractivity contribution in [2.75, 3.05) is 52.5 Å². The van der Waals surface area contributed by atoms with Crippen molar-refractivity contribution in [3.05, 3.63) is 30.1 Å². The third-order valence-corrected chi connectivity index (χ3v) is 4.04. The van der Waals surface area contributed by atoms with Crippen LogP contribution in [0.4, 0.5) is 0 Å². The highest BCUT2D eigenvalue weighted by atomic mass is 16.5. The maximum Gasteiger partial charge on any atom is 0.246 e. The van der Waals surface area contributed by atoms with Crippen molar-refractivity contribution in [1.82, 2.24) is 20.1 Å². The Hall–Kier alpha value is -1.50. The van der Waals surface area contributed by atoms with E-state index in [4.69, 9.17) is 4.74 Å². The minimum absolute atomic E-state index is 0.152. The van der Waals surface area contributed by atoms with E-state index in [0.717, 1.165) is 31.9 Å². The molecule has 1 aromatic heterocycles. The fourth-order valence-corrected chi connectivity index (χ4v) is 2.90. The first-order chi connectivity index (χ1) is 10.4. The largest absolute Gasteiger partial charge is 0.378 e. The summed E-state index contributed by atoms with van der Waals surface area (Å²) in [5.74, 6) is 0.152. The molecule has 0 radical (unpaired) electrons. The molecule has 21 heavy (non-hydrogen) atoms. The number of rotatable bonds is 3. The highest BCUT2D eigenvalue weighted by Gasteiger charge is 2.33. The lowest BCUT2D eigenvalue weighted by molar-refractivity contribution is -0.141. The first-order valence-corrected chi connectivity index (χ1v) is 7.58. The highest BCUT2D eigenvalue weighted by Crippen LogP contribution is 2.22. The van der Waals surface area contributed by atoms with Gasteiger partial charge in [0, 0.05) is 45.5 Å². The topological polar surface area (TPSA) is 57.7 Å². The molecule has 6 nitrogen and oxygen atoms in total. The SMILES string of the molecule is O=C(C(c1ccccn1)N1CCNCC1)N1CCOCC1. The number of ether oxygens (including phenoxy) is 1. The number of piperazine rings is 1. The molecule has 1 unspecified atom stereocenters. The fourth-order valence-electron chi connectivity index (χ4n) is 2.90. The van der Waals surface area contributed by atoms with Crippen LogP contribution in [0.5, 0.6) is 0 Å². The van der Waals surface area contributed by atoms with Crippen LogP contribution in [0.2, 0.25) is 0 Å². The van der Waals surface area contributed by atoms with E-state index in [2.05, 4.69) is 15.2 Å². The third-order valence-electron chi connectivity index (χ3n) is 4.04. The van der Waals surface area contributed by atoms with Gasteiger partial charge in [-0.1, -0.05) is 6.07 Å². The van der Waals surface area contributed by atoms with Crippen LogP contribution < -0.4 is 5.32 Å². The van der Waals surface area contributed by atoms with Crippen LogP contribution in [0.3, 0.4) is 0 Å². The second-order valence-corrected chi connectivity index (χ2v) is 5.38. The predicted molar refractivity (Wildman–Crippen MR) is 78.8 cm³/mol. The van der Waals surface area contributed by atoms with Crippen LogP contribution in [0, 0.1) is 0 Å². The average molecular weight is 290 g/mol. The Morgan fingerprint density at radius 2 is 1.95 bits per heavy atom. The van der Waals surface area contributed by atoms with E-state index in [1.807, 2.05) is 23.1 Å². The average Bonchev–Trinajstić information content (AvgIpc) is 2.58. The van der Waals surface area contributed by atoms with Gasteiger partial charge < -0.3 is 15.0 Å². The van der Waals surface area contributed by atoms with Crippen molar-refractivity contribution >= 4 is 5.91 Å². The van der Waals surface area contributed by atoms with Crippen molar-refractivity contribution in [2.45, 2.75) is 6.04 Å². The quantitative estimate of drug-likeness (QED) is 0.841. The summed E-state index contributed by atoms with van der Waals surface area (Å²) in [7, 11) is 0. The van der Waals surface area contributed by atoms with Crippen LogP contribution in [-0.4, -0.2) is 73.2 Å². The standard InChI is InChI=1S/C15H22N4O2/c20-15(19-9-11-21-12-10-19)14(13-3-1-2-4-17-13)18-7-5-16-6-8-18/h1-4,14,16H,5-12H2. The first kappa shape index (κ1) is 14.4. The van der Waals surface area contributed by atoms with Gasteiger partial charge in [0.15, 0.2) is 0 Å². The lowest BCUT2D eigenvalue weighted by Gasteiger charge is -2.37. The van der Waals surface area contributed by atoms with E-state index < -0.39 is 0 Å². The summed E-state index contributed by atoms with van der Waals surface area (Å²) >= 11 is 0. The second kappa shape index (κ2) is 6.98. The molecule has 1 atom stereocenters. The van der Waals surface area contributed by atoms with Crippen molar-refractivity contribution < 1.29 is 9.53 Å². The van der Waals surface area contributed by atoms with Crippen molar-refractivity contribution in [2.24, 2.45) is 0 Å². The minimum Gasteiger partial charge on any atom is -0.378 e. The second-order valence-electron chi connectivity index (χ2n) is 5.38. The summed E-state index contributed by atoms with van der Waals surface area (Å²) in [4.78, 5) is 21.5. The Morgan fingerprint density at radius 3 is 2.62 bits per heavy atom. The summed E-state index contributed by atoms with van der Waals surface area (Å²) in [5, 5.41) is 3.33. The van der Waals surface area contributed by atoms with Gasteiger partial charge in [0.1, 0.15) is 6.04 Å². The van der Waals surface area contributed by atoms with Crippen LogP contribution >= 0.6 is 0 Å². The Kier molecular flexibility index (Phi) is 4.80. The van der Waals surface area contributed by atoms with Gasteiger partial charge >= 0.3 is 0 Å². The lowest BCUT2D eigenvalue weighted by atomic mass is 10.1. The van der Waals surface area contributed by atoms with Crippen LogP contribution in [0.25, 0.3) is 0 Å². The zero-order valence-electron chi connectivity index (χ0n) is 12.2. The van der Waals surface area contributed by atoms with E-state index in [-0.39, 0.29) is 11.9 Å². The molecule has 0 aromatic carbocycles. The number of carbonyl (C=O) groups is 1. The molecular weight excluding hydrogens is 268 g/mol. The highest BCUT2D eigenvalue weighted by molar-refractivity contribution is 5.83. The van der Waals surface area contributed by atoms with E-state index >= 15 is 0 Å². The number of nitrogens with one attached hydrogen (secondary N) is 1. The molecule has 1 amide bonds. The molecule has 2 fully saturated rings. The van der Waals surface area contributed by atoms with Gasteiger partial charge in [-0.3, -0.25) is 14.7 Å². The van der Waals surface area contributed by atoms with E-state index in [1.165, 1.54) is 0 Å². The number of aromatic nitrogens is 1. The van der Waals surface area contributed by atoms with Gasteiger partial charge in [0.25, 0.3) is 0 Å². The summed E-state index contributed by atoms with van der Waals surface area (Å²) in [6.07, 6.45) is 1.76. The molecule has 0 aliphatic carbocycles. The van der Waals surface area contributed by atoms with Gasteiger partial charge in [-0.15, -0.1) is 0 Å². The Balaban J connectivity index is 1.82. The van der Waals surface area contributed by atoms with E-state index in [0.29, 0.717) is 26.3 Å². The molecule has 0 bridgehead atoms. The molecular formula is C15H22N4O2. The molecule has 2 aliphatic heterocycles. The molecule has 3 heterocycles. The smallest absolute Gasteiger partial charge is 0.246 e. The first-order valence-electron chi connectivity index (χ1n) is 7.58. The summed E-state index contributed by atoms with van der Waals surface area (Å²) < 4.78 is 5.35. The molecule has 0 spiro atoms. The predicted octanol–water partition coefficient (Wildman–Crippen LogP) is -0.113. The number of amides is 1. The molecule has 1 aromatic rings. The maximum atomic E-state index is 13.0. The van der Waals surface area contributed by atoms with Crippen molar-refractivity contribution in [3.8, 4) is 0 Å². The van der Waals surface area contributed by atoms with Gasteiger partial charge in [-0.2, -0.15) is 0 Å². The van der Waals surface area contributed by atoms with E-state index in [1.54, 1.807) is 6.20 Å². The van der Waals surface area contributed by atoms with Gasteiger partial charge in [0.05, 0.1) is 18.9 Å². The number of morpholine rings is 1. The Labute approximate surface area is 125 Å². The molecule has 2 aliphatic rings. The van der Waals surface area contributed by atoms with Gasteiger partial charge in [-0.25, -0.2) is 0 Å². The number of hydrogen-bond acceptors (Lipinski definition) is 5. The zero-order valence-corrected chi connectivity index (χ0v) is 12.2. The molecule has 1 N–H and O–H groups in total. The Bertz CT molecular complexity index is 456. The summed E-state index contributed by atoms with van der Waals surface area (Å²) in [5.41, 5.74) is 0.843. The number of hydrogen-bond donors (Lipinski definition) is 1. The van der Waals surface area contributed by atoms with Crippen LogP contribution in [-0.2, 0) is 9.53 Å². The van der Waals surface area contributed by atoms with Crippen LogP contribution in [0.1, 0.15) is 11.7 Å². The van der Waals surface area contributed by atoms with Crippen molar-refractivity contribution in [1.29, 1.82) is 0 Å². The normalized spacial score (nSPS) is 22.0. The Morgan fingerprint density at radius 1 is 1.19 bits per heavy atom. The monoisotopic (exact) mass is 290 g/mol. The molecule has 2 saturated heterocycles. The molecule has 3 rings (SSSR count). The number of carbonyl (C=O) groups excluding carboxylic acids is 1. The van der Waals surface area contributed by atoms with Crippen molar-refractivity contribution in [3.63, 3.8) is 0 Å². The fraction of sp³-hybridized carbons (Fsp3) is 0.600.